The number of carboxylic acids is 1. The predicted molar refractivity (Wildman–Crippen MR) is 77.0 cm³/mol. The van der Waals surface area contributed by atoms with E-state index in [1.807, 2.05) is 0 Å². The predicted octanol–water partition coefficient (Wildman–Crippen LogP) is 3.16. The number of benzene rings is 1. The quantitative estimate of drug-likeness (QED) is 0.930. The van der Waals surface area contributed by atoms with Crippen LogP contribution in [0.2, 0.25) is 0 Å². The van der Waals surface area contributed by atoms with Crippen LogP contribution in [-0.4, -0.2) is 29.3 Å². The minimum absolute atomic E-state index is 0.154. The molecule has 0 amide bonds. The van der Waals surface area contributed by atoms with Crippen LogP contribution in [0.4, 0.5) is 13.2 Å². The second kappa shape index (κ2) is 5.70. The third-order valence-electron chi connectivity index (χ3n) is 3.67. The van der Waals surface area contributed by atoms with Crippen molar-refractivity contribution in [3.8, 4) is 22.8 Å². The van der Waals surface area contributed by atoms with Crippen molar-refractivity contribution < 1.29 is 32.5 Å². The van der Waals surface area contributed by atoms with Crippen molar-refractivity contribution in [3.63, 3.8) is 0 Å². The Kier molecular flexibility index (Phi) is 3.82. The number of aliphatic carboxylic acids is 1. The van der Waals surface area contributed by atoms with Crippen molar-refractivity contribution in [2.24, 2.45) is 0 Å². The second-order valence-corrected chi connectivity index (χ2v) is 5.22. The fourth-order valence-electron chi connectivity index (χ4n) is 2.53. The Hall–Kier alpha value is -2.77. The highest BCUT2D eigenvalue weighted by molar-refractivity contribution is 5.76. The van der Waals surface area contributed by atoms with Crippen LogP contribution < -0.4 is 9.47 Å². The van der Waals surface area contributed by atoms with Crippen LogP contribution in [0.5, 0.6) is 11.6 Å². The summed E-state index contributed by atoms with van der Waals surface area (Å²) in [5.74, 6) is -0.773. The Morgan fingerprint density at radius 2 is 2.08 bits per heavy atom. The number of carboxylic acid groups (broad SMARTS) is 1. The lowest BCUT2D eigenvalue weighted by molar-refractivity contribution is -0.144. The van der Waals surface area contributed by atoms with Gasteiger partial charge in [0.15, 0.2) is 6.10 Å². The number of halogens is 3. The number of alkyl halides is 3. The van der Waals surface area contributed by atoms with Crippen LogP contribution >= 0.6 is 0 Å². The molecule has 0 fully saturated rings. The van der Waals surface area contributed by atoms with Gasteiger partial charge in [0.2, 0.25) is 5.88 Å². The number of fused-ring (bicyclic) bond motifs is 1. The van der Waals surface area contributed by atoms with E-state index in [0.29, 0.717) is 22.4 Å². The summed E-state index contributed by atoms with van der Waals surface area (Å²) in [6, 6.07) is 7.04. The first-order valence-corrected chi connectivity index (χ1v) is 6.94. The molecule has 0 bridgehead atoms. The van der Waals surface area contributed by atoms with Gasteiger partial charge in [0.1, 0.15) is 11.4 Å². The summed E-state index contributed by atoms with van der Waals surface area (Å²) >= 11 is 0. The maximum atomic E-state index is 12.7. The average molecular weight is 339 g/mol. The van der Waals surface area contributed by atoms with E-state index in [-0.39, 0.29) is 12.3 Å². The smallest absolute Gasteiger partial charge is 0.433 e. The number of nitrogens with zero attached hydrogens (tertiary/aromatic N) is 1. The average Bonchev–Trinajstić information content (AvgIpc) is 2.96. The summed E-state index contributed by atoms with van der Waals surface area (Å²) in [4.78, 5) is 14.5. The van der Waals surface area contributed by atoms with E-state index in [1.54, 1.807) is 18.2 Å². The lowest BCUT2D eigenvalue weighted by Crippen LogP contribution is -2.24. The van der Waals surface area contributed by atoms with E-state index in [4.69, 9.17) is 14.6 Å². The van der Waals surface area contributed by atoms with Crippen molar-refractivity contribution >= 4 is 5.97 Å². The highest BCUT2D eigenvalue weighted by atomic mass is 19.4. The molecule has 8 heteroatoms. The molecule has 0 aliphatic carbocycles. The highest BCUT2D eigenvalue weighted by Gasteiger charge is 2.34. The Labute approximate surface area is 134 Å². The summed E-state index contributed by atoms with van der Waals surface area (Å²) < 4.78 is 48.5. The molecule has 24 heavy (non-hydrogen) atoms. The standard InChI is InChI=1S/C16H12F3NO4/c1-23-14-10(3-5-13(20-14)16(17,18)19)8-2-4-11-9(6-8)7-12(24-11)15(21)22/h2-6,12H,7H2,1H3,(H,21,22). The number of hydrogen-bond donors (Lipinski definition) is 1. The van der Waals surface area contributed by atoms with Crippen molar-refractivity contribution in [2.45, 2.75) is 18.7 Å². The van der Waals surface area contributed by atoms with Gasteiger partial charge >= 0.3 is 12.1 Å². The SMILES string of the molecule is COc1nc(C(F)(F)F)ccc1-c1ccc2c(c1)CC(C(=O)O)O2. The van der Waals surface area contributed by atoms with Crippen molar-refractivity contribution in [1.29, 1.82) is 0 Å². The van der Waals surface area contributed by atoms with E-state index in [1.165, 1.54) is 13.2 Å². The van der Waals surface area contributed by atoms with Gasteiger partial charge in [-0.25, -0.2) is 9.78 Å². The third kappa shape index (κ3) is 2.86. The highest BCUT2D eigenvalue weighted by Crippen LogP contribution is 2.37. The van der Waals surface area contributed by atoms with Crippen molar-refractivity contribution in [1.82, 2.24) is 4.98 Å². The third-order valence-corrected chi connectivity index (χ3v) is 3.67. The molecule has 2 heterocycles. The molecule has 1 aromatic heterocycles. The number of carbonyl (C=O) groups is 1. The molecule has 1 aromatic carbocycles. The van der Waals surface area contributed by atoms with Crippen LogP contribution in [0.25, 0.3) is 11.1 Å². The maximum Gasteiger partial charge on any atom is 0.433 e. The van der Waals surface area contributed by atoms with Gasteiger partial charge in [-0.15, -0.1) is 0 Å². The molecule has 0 radical (unpaired) electrons. The number of pyridine rings is 1. The van der Waals surface area contributed by atoms with Gasteiger partial charge in [-0.3, -0.25) is 0 Å². The minimum atomic E-state index is -4.56. The topological polar surface area (TPSA) is 68.7 Å². The molecule has 1 atom stereocenters. The summed E-state index contributed by atoms with van der Waals surface area (Å²) in [5.41, 5.74) is 0.578. The van der Waals surface area contributed by atoms with E-state index >= 15 is 0 Å². The van der Waals surface area contributed by atoms with E-state index in [9.17, 15) is 18.0 Å². The summed E-state index contributed by atoms with van der Waals surface area (Å²) in [6.07, 6.45) is -5.33. The molecular formula is C16H12F3NO4. The van der Waals surface area contributed by atoms with Gasteiger partial charge in [0, 0.05) is 12.0 Å². The molecule has 1 aliphatic heterocycles. The van der Waals surface area contributed by atoms with Gasteiger partial charge in [-0.2, -0.15) is 13.2 Å². The van der Waals surface area contributed by atoms with E-state index in [2.05, 4.69) is 4.98 Å². The van der Waals surface area contributed by atoms with Gasteiger partial charge in [0.25, 0.3) is 0 Å². The molecule has 5 nitrogen and oxygen atoms in total. The molecule has 3 rings (SSSR count). The summed E-state index contributed by atoms with van der Waals surface area (Å²) in [6.45, 7) is 0. The Balaban J connectivity index is 1.99. The number of ether oxygens (including phenoxy) is 2. The Morgan fingerprint density at radius 1 is 1.33 bits per heavy atom. The van der Waals surface area contributed by atoms with E-state index in [0.717, 1.165) is 6.07 Å². The molecule has 1 N–H and O–H groups in total. The van der Waals surface area contributed by atoms with Crippen LogP contribution in [-0.2, 0) is 17.4 Å². The fraction of sp³-hybridized carbons (Fsp3) is 0.250. The van der Waals surface area contributed by atoms with Gasteiger partial charge < -0.3 is 14.6 Å². The monoisotopic (exact) mass is 339 g/mol. The maximum absolute atomic E-state index is 12.7. The van der Waals surface area contributed by atoms with E-state index < -0.39 is 23.9 Å². The molecule has 0 saturated heterocycles. The summed E-state index contributed by atoms with van der Waals surface area (Å²) in [7, 11) is 1.24. The van der Waals surface area contributed by atoms with Crippen LogP contribution in [0, 0.1) is 0 Å². The lowest BCUT2D eigenvalue weighted by atomic mass is 10.0. The molecule has 126 valence electrons. The van der Waals surface area contributed by atoms with Crippen molar-refractivity contribution in [3.05, 3.63) is 41.6 Å². The normalized spacial score (nSPS) is 16.4. The molecule has 2 aromatic rings. The first-order valence-electron chi connectivity index (χ1n) is 6.94. The van der Waals surface area contributed by atoms with Gasteiger partial charge in [0.05, 0.1) is 7.11 Å². The molecular weight excluding hydrogens is 327 g/mol. The van der Waals surface area contributed by atoms with Crippen LogP contribution in [0.3, 0.4) is 0 Å². The van der Waals surface area contributed by atoms with Crippen molar-refractivity contribution in [2.75, 3.05) is 7.11 Å². The minimum Gasteiger partial charge on any atom is -0.481 e. The lowest BCUT2D eigenvalue weighted by Gasteiger charge is -2.12. The first-order chi connectivity index (χ1) is 11.3. The first kappa shape index (κ1) is 16.1. The zero-order valence-corrected chi connectivity index (χ0v) is 12.4. The molecule has 0 spiro atoms. The summed E-state index contributed by atoms with van der Waals surface area (Å²) in [5, 5.41) is 9.00. The van der Waals surface area contributed by atoms with Crippen LogP contribution in [0.15, 0.2) is 30.3 Å². The zero-order valence-electron chi connectivity index (χ0n) is 12.4. The Bertz CT molecular complexity index is 804. The van der Waals surface area contributed by atoms with Crippen LogP contribution in [0.1, 0.15) is 11.3 Å². The Morgan fingerprint density at radius 3 is 2.71 bits per heavy atom. The largest absolute Gasteiger partial charge is 0.481 e. The second-order valence-electron chi connectivity index (χ2n) is 5.22. The van der Waals surface area contributed by atoms with Gasteiger partial charge in [-0.05, 0) is 35.4 Å². The van der Waals surface area contributed by atoms with Gasteiger partial charge in [-0.1, -0.05) is 6.07 Å². The molecule has 0 saturated carbocycles. The fourth-order valence-corrected chi connectivity index (χ4v) is 2.53. The number of hydrogen-bond acceptors (Lipinski definition) is 4. The number of methoxy groups -OCH3 is 1. The molecule has 1 aliphatic rings. The number of aromatic nitrogens is 1. The number of rotatable bonds is 3. The molecule has 1 unspecified atom stereocenters. The zero-order chi connectivity index (χ0) is 17.5.